The Kier molecular flexibility index (Phi) is 2.24. The number of nitrogens with zero attached hydrogens (tertiary/aromatic N) is 4. The van der Waals surface area contributed by atoms with Crippen LogP contribution in [0, 0.1) is 0 Å². The predicted octanol–water partition coefficient (Wildman–Crippen LogP) is 1.89. The van der Waals surface area contributed by atoms with Crippen molar-refractivity contribution in [2.75, 3.05) is 0 Å². The summed E-state index contributed by atoms with van der Waals surface area (Å²) < 4.78 is 8.95. The molecule has 0 saturated carbocycles. The summed E-state index contributed by atoms with van der Waals surface area (Å²) in [5, 5.41) is 11.0. The van der Waals surface area contributed by atoms with Gasteiger partial charge in [0.05, 0.1) is 6.20 Å². The number of hydrogen-bond acceptors (Lipinski definition) is 6. The first-order chi connectivity index (χ1) is 6.27. The Hall–Kier alpha value is -1.01. The molecule has 1 atom stereocenters. The van der Waals surface area contributed by atoms with Gasteiger partial charge in [0.2, 0.25) is 5.89 Å². The van der Waals surface area contributed by atoms with E-state index in [9.17, 15) is 0 Å². The third-order valence-electron chi connectivity index (χ3n) is 1.35. The van der Waals surface area contributed by atoms with Gasteiger partial charge in [-0.25, -0.2) is 0 Å². The summed E-state index contributed by atoms with van der Waals surface area (Å²) in [4.78, 5) is 0.746. The van der Waals surface area contributed by atoms with Gasteiger partial charge in [0.15, 0.2) is 0 Å². The van der Waals surface area contributed by atoms with Crippen LogP contribution in [0.15, 0.2) is 10.6 Å². The fourth-order valence-electron chi connectivity index (χ4n) is 0.756. The van der Waals surface area contributed by atoms with Gasteiger partial charge in [0.25, 0.3) is 5.89 Å². The Labute approximate surface area is 82.9 Å². The van der Waals surface area contributed by atoms with Crippen molar-refractivity contribution >= 4 is 23.1 Å². The van der Waals surface area contributed by atoms with Crippen LogP contribution in [0.1, 0.15) is 18.2 Å². The maximum absolute atomic E-state index is 5.75. The van der Waals surface area contributed by atoms with Crippen LogP contribution in [-0.4, -0.2) is 19.8 Å². The zero-order valence-electron chi connectivity index (χ0n) is 6.64. The Morgan fingerprint density at radius 3 is 2.92 bits per heavy atom. The molecule has 0 saturated heterocycles. The molecule has 7 heteroatoms. The van der Waals surface area contributed by atoms with Crippen molar-refractivity contribution < 1.29 is 4.42 Å². The van der Waals surface area contributed by atoms with Crippen LogP contribution in [0.2, 0.25) is 0 Å². The first kappa shape index (κ1) is 8.58. The smallest absolute Gasteiger partial charge is 0.261 e. The molecule has 2 aromatic heterocycles. The van der Waals surface area contributed by atoms with Crippen molar-refractivity contribution in [1.82, 2.24) is 19.8 Å². The Morgan fingerprint density at radius 2 is 2.38 bits per heavy atom. The first-order valence-corrected chi connectivity index (χ1v) is 4.73. The molecule has 5 nitrogen and oxygen atoms in total. The number of aromatic nitrogens is 4. The highest BCUT2D eigenvalue weighted by Gasteiger charge is 2.13. The molecular formula is C6H5ClN4OS. The van der Waals surface area contributed by atoms with Crippen LogP contribution >= 0.6 is 23.1 Å². The third-order valence-corrected chi connectivity index (χ3v) is 2.19. The van der Waals surface area contributed by atoms with Crippen LogP contribution < -0.4 is 0 Å². The van der Waals surface area contributed by atoms with Gasteiger partial charge in [-0.2, -0.15) is 0 Å². The molecule has 0 fully saturated rings. The van der Waals surface area contributed by atoms with E-state index in [0.29, 0.717) is 11.8 Å². The maximum Gasteiger partial charge on any atom is 0.261 e. The van der Waals surface area contributed by atoms with Crippen LogP contribution in [0.4, 0.5) is 0 Å². The van der Waals surface area contributed by atoms with E-state index in [1.54, 1.807) is 13.1 Å². The summed E-state index contributed by atoms with van der Waals surface area (Å²) in [5.74, 6) is 0.822. The van der Waals surface area contributed by atoms with E-state index in [2.05, 4.69) is 19.8 Å². The van der Waals surface area contributed by atoms with Gasteiger partial charge in [0.1, 0.15) is 10.3 Å². The van der Waals surface area contributed by atoms with Crippen molar-refractivity contribution in [3.63, 3.8) is 0 Å². The maximum atomic E-state index is 5.75. The Balaban J connectivity index is 2.33. The van der Waals surface area contributed by atoms with Crippen molar-refractivity contribution in [2.45, 2.75) is 12.3 Å². The summed E-state index contributed by atoms with van der Waals surface area (Å²) in [6, 6.07) is 0. The molecule has 0 aliphatic carbocycles. The van der Waals surface area contributed by atoms with Crippen LogP contribution in [0.25, 0.3) is 10.8 Å². The van der Waals surface area contributed by atoms with Crippen molar-refractivity contribution in [1.29, 1.82) is 0 Å². The average molecular weight is 217 g/mol. The minimum atomic E-state index is -0.276. The number of rotatable bonds is 2. The van der Waals surface area contributed by atoms with Gasteiger partial charge >= 0.3 is 0 Å². The normalized spacial score (nSPS) is 13.1. The molecule has 0 aromatic carbocycles. The zero-order valence-corrected chi connectivity index (χ0v) is 8.21. The van der Waals surface area contributed by atoms with Crippen molar-refractivity contribution in [3.8, 4) is 10.8 Å². The van der Waals surface area contributed by atoms with Gasteiger partial charge in [0, 0.05) is 0 Å². The molecule has 0 amide bonds. The summed E-state index contributed by atoms with van der Waals surface area (Å²) in [6.45, 7) is 1.77. The highest BCUT2D eigenvalue weighted by atomic mass is 35.5. The van der Waals surface area contributed by atoms with Gasteiger partial charge in [-0.05, 0) is 18.5 Å². The Bertz CT molecular complexity index is 385. The highest BCUT2D eigenvalue weighted by molar-refractivity contribution is 7.09. The molecule has 68 valence electrons. The minimum Gasteiger partial charge on any atom is -0.418 e. The molecule has 0 N–H and O–H groups in total. The fraction of sp³-hybridized carbons (Fsp3) is 0.333. The lowest BCUT2D eigenvalue weighted by Crippen LogP contribution is -1.81. The summed E-state index contributed by atoms with van der Waals surface area (Å²) in [6.07, 6.45) is 1.57. The minimum absolute atomic E-state index is 0.276. The quantitative estimate of drug-likeness (QED) is 0.718. The zero-order chi connectivity index (χ0) is 9.26. The van der Waals surface area contributed by atoms with Crippen molar-refractivity contribution in [3.05, 3.63) is 12.1 Å². The lowest BCUT2D eigenvalue weighted by atomic mass is 10.5. The van der Waals surface area contributed by atoms with E-state index in [0.717, 1.165) is 4.88 Å². The molecule has 2 rings (SSSR count). The average Bonchev–Trinajstić information content (AvgIpc) is 2.75. The summed E-state index contributed by atoms with van der Waals surface area (Å²) >= 11 is 6.95. The van der Waals surface area contributed by atoms with E-state index in [4.69, 9.17) is 16.0 Å². The second-order valence-corrected chi connectivity index (χ2v) is 3.78. The third kappa shape index (κ3) is 1.68. The number of hydrogen-bond donors (Lipinski definition) is 0. The standard InChI is InChI=1S/C6H5ClN4OS/c1-3(7)5-9-10-6(12-5)4-2-8-11-13-4/h2-3H,1H3. The topological polar surface area (TPSA) is 64.7 Å². The molecule has 13 heavy (non-hydrogen) atoms. The lowest BCUT2D eigenvalue weighted by molar-refractivity contribution is 0.508. The SMILES string of the molecule is CC(Cl)c1nnc(-c2cnns2)o1. The molecular weight excluding hydrogens is 212 g/mol. The molecule has 1 unspecified atom stereocenters. The van der Waals surface area contributed by atoms with Crippen LogP contribution in [0.5, 0.6) is 0 Å². The van der Waals surface area contributed by atoms with E-state index in [-0.39, 0.29) is 5.38 Å². The molecule has 2 aromatic rings. The van der Waals surface area contributed by atoms with Crippen molar-refractivity contribution in [2.24, 2.45) is 0 Å². The van der Waals surface area contributed by atoms with Gasteiger partial charge in [-0.3, -0.25) is 0 Å². The van der Waals surface area contributed by atoms with Crippen LogP contribution in [-0.2, 0) is 0 Å². The van der Waals surface area contributed by atoms with E-state index >= 15 is 0 Å². The molecule has 0 radical (unpaired) electrons. The fourth-order valence-corrected chi connectivity index (χ4v) is 1.28. The largest absolute Gasteiger partial charge is 0.418 e. The number of alkyl halides is 1. The molecule has 0 aliphatic heterocycles. The van der Waals surface area contributed by atoms with E-state index < -0.39 is 0 Å². The van der Waals surface area contributed by atoms with Gasteiger partial charge < -0.3 is 4.42 Å². The van der Waals surface area contributed by atoms with E-state index in [1.165, 1.54) is 11.5 Å². The molecule has 0 bridgehead atoms. The van der Waals surface area contributed by atoms with E-state index in [1.807, 2.05) is 0 Å². The predicted molar refractivity (Wildman–Crippen MR) is 47.5 cm³/mol. The van der Waals surface area contributed by atoms with Crippen LogP contribution in [0.3, 0.4) is 0 Å². The molecule has 2 heterocycles. The second-order valence-electron chi connectivity index (χ2n) is 2.34. The first-order valence-electron chi connectivity index (χ1n) is 3.52. The lowest BCUT2D eigenvalue weighted by Gasteiger charge is -1.90. The van der Waals surface area contributed by atoms with Gasteiger partial charge in [-0.15, -0.1) is 26.9 Å². The Morgan fingerprint density at radius 1 is 1.54 bits per heavy atom. The number of halogens is 1. The monoisotopic (exact) mass is 216 g/mol. The highest BCUT2D eigenvalue weighted by Crippen LogP contribution is 2.24. The summed E-state index contributed by atoms with van der Waals surface area (Å²) in [7, 11) is 0. The second kappa shape index (κ2) is 3.39. The molecule has 0 spiro atoms. The molecule has 0 aliphatic rings. The summed E-state index contributed by atoms with van der Waals surface area (Å²) in [5.41, 5.74) is 0. The van der Waals surface area contributed by atoms with Gasteiger partial charge in [-0.1, -0.05) is 4.49 Å².